The number of ether oxygens (including phenoxy) is 3. The number of esters is 1. The molecule has 2 aromatic carbocycles. The summed E-state index contributed by atoms with van der Waals surface area (Å²) < 4.78 is 21.8. The van der Waals surface area contributed by atoms with E-state index < -0.39 is 18.7 Å². The molecule has 8 heteroatoms. The van der Waals surface area contributed by atoms with Crippen molar-refractivity contribution >= 4 is 18.6 Å². The third kappa shape index (κ3) is 4.82. The average Bonchev–Trinajstić information content (AvgIpc) is 3.00. The predicted molar refractivity (Wildman–Crippen MR) is 101 cm³/mol. The molecule has 1 aliphatic rings. The van der Waals surface area contributed by atoms with Crippen molar-refractivity contribution in [1.29, 1.82) is 5.26 Å². The first kappa shape index (κ1) is 19.7. The van der Waals surface area contributed by atoms with Crippen LogP contribution in [0.2, 0.25) is 0 Å². The number of hydrogen-bond donors (Lipinski definition) is 1. The SMILES string of the molecule is CC(C)(C)OC(=O)COc1cc(C#N)ccc1Oc1ccc2c(c1)COB2O. The van der Waals surface area contributed by atoms with E-state index in [1.807, 2.05) is 6.07 Å². The third-order valence-corrected chi connectivity index (χ3v) is 3.84. The van der Waals surface area contributed by atoms with E-state index in [0.29, 0.717) is 29.1 Å². The molecule has 0 saturated heterocycles. The van der Waals surface area contributed by atoms with E-state index >= 15 is 0 Å². The molecule has 0 amide bonds. The first-order chi connectivity index (χ1) is 13.2. The minimum atomic E-state index is -0.924. The van der Waals surface area contributed by atoms with Gasteiger partial charge in [0.2, 0.25) is 0 Å². The van der Waals surface area contributed by atoms with E-state index in [1.54, 1.807) is 51.1 Å². The fourth-order valence-electron chi connectivity index (χ4n) is 2.68. The van der Waals surface area contributed by atoms with Crippen LogP contribution in [0.15, 0.2) is 36.4 Å². The van der Waals surface area contributed by atoms with E-state index in [0.717, 1.165) is 5.56 Å². The summed E-state index contributed by atoms with van der Waals surface area (Å²) in [6, 6.07) is 11.9. The Hall–Kier alpha value is -3.02. The van der Waals surface area contributed by atoms with Crippen LogP contribution < -0.4 is 14.9 Å². The molecule has 0 saturated carbocycles. The minimum Gasteiger partial charge on any atom is -0.478 e. The Balaban J connectivity index is 1.77. The van der Waals surface area contributed by atoms with E-state index in [-0.39, 0.29) is 12.4 Å². The highest BCUT2D eigenvalue weighted by Gasteiger charge is 2.27. The summed E-state index contributed by atoms with van der Waals surface area (Å²) in [4.78, 5) is 11.9. The first-order valence-electron chi connectivity index (χ1n) is 8.74. The Kier molecular flexibility index (Phi) is 5.59. The molecule has 7 nitrogen and oxygen atoms in total. The van der Waals surface area contributed by atoms with Gasteiger partial charge in [-0.1, -0.05) is 6.07 Å². The summed E-state index contributed by atoms with van der Waals surface area (Å²) in [5.41, 5.74) is 1.28. The molecule has 0 bridgehead atoms. The number of carbonyl (C=O) groups is 1. The van der Waals surface area contributed by atoms with E-state index in [2.05, 4.69) is 0 Å². The summed E-state index contributed by atoms with van der Waals surface area (Å²) in [6.07, 6.45) is 0. The highest BCUT2D eigenvalue weighted by Crippen LogP contribution is 2.33. The van der Waals surface area contributed by atoms with Crippen LogP contribution in [0.3, 0.4) is 0 Å². The van der Waals surface area contributed by atoms with Gasteiger partial charge in [-0.2, -0.15) is 5.26 Å². The molecule has 1 N–H and O–H groups in total. The molecule has 144 valence electrons. The van der Waals surface area contributed by atoms with Gasteiger partial charge in [0.1, 0.15) is 11.4 Å². The van der Waals surface area contributed by atoms with Gasteiger partial charge in [0, 0.05) is 6.07 Å². The molecule has 0 aliphatic carbocycles. The van der Waals surface area contributed by atoms with Crippen LogP contribution in [0.4, 0.5) is 0 Å². The minimum absolute atomic E-state index is 0.252. The van der Waals surface area contributed by atoms with Crippen LogP contribution >= 0.6 is 0 Å². The molecular weight excluding hydrogens is 361 g/mol. The normalized spacial score (nSPS) is 12.9. The summed E-state index contributed by atoms with van der Waals surface area (Å²) >= 11 is 0. The summed E-state index contributed by atoms with van der Waals surface area (Å²) in [6.45, 7) is 5.29. The molecule has 0 fully saturated rings. The zero-order chi connectivity index (χ0) is 20.3. The lowest BCUT2D eigenvalue weighted by Crippen LogP contribution is -2.27. The number of hydrogen-bond acceptors (Lipinski definition) is 7. The molecule has 0 aromatic heterocycles. The molecule has 1 heterocycles. The van der Waals surface area contributed by atoms with Crippen LogP contribution in [0.1, 0.15) is 31.9 Å². The van der Waals surface area contributed by atoms with E-state index in [9.17, 15) is 9.82 Å². The fourth-order valence-corrected chi connectivity index (χ4v) is 2.68. The van der Waals surface area contributed by atoms with Crippen molar-refractivity contribution in [1.82, 2.24) is 0 Å². The van der Waals surface area contributed by atoms with Gasteiger partial charge in [0.15, 0.2) is 18.1 Å². The van der Waals surface area contributed by atoms with Gasteiger partial charge in [-0.3, -0.25) is 0 Å². The quantitative estimate of drug-likeness (QED) is 0.627. The molecule has 0 unspecified atom stereocenters. The Morgan fingerprint density at radius 1 is 1.25 bits per heavy atom. The molecule has 1 aliphatic heterocycles. The van der Waals surface area contributed by atoms with Crippen molar-refractivity contribution in [2.45, 2.75) is 33.0 Å². The molecule has 3 rings (SSSR count). The zero-order valence-corrected chi connectivity index (χ0v) is 15.9. The second-order valence-electron chi connectivity index (χ2n) is 7.27. The molecule has 28 heavy (non-hydrogen) atoms. The van der Waals surface area contributed by atoms with Crippen molar-refractivity contribution in [3.63, 3.8) is 0 Å². The zero-order valence-electron chi connectivity index (χ0n) is 15.9. The smallest absolute Gasteiger partial charge is 0.478 e. The lowest BCUT2D eigenvalue weighted by molar-refractivity contribution is -0.157. The van der Waals surface area contributed by atoms with Crippen LogP contribution in [0.5, 0.6) is 17.2 Å². The van der Waals surface area contributed by atoms with Gasteiger partial charge in [0.25, 0.3) is 0 Å². The molecule has 0 spiro atoms. The van der Waals surface area contributed by atoms with Gasteiger partial charge in [-0.05, 0) is 56.1 Å². The summed E-state index contributed by atoms with van der Waals surface area (Å²) in [5, 5.41) is 18.8. The Morgan fingerprint density at radius 3 is 2.75 bits per heavy atom. The van der Waals surface area contributed by atoms with Crippen molar-refractivity contribution in [3.8, 4) is 23.3 Å². The number of benzene rings is 2. The number of rotatable bonds is 5. The number of fused-ring (bicyclic) bond motifs is 1. The summed E-state index contributed by atoms with van der Waals surface area (Å²) in [5.74, 6) is 0.594. The molecule has 0 atom stereocenters. The van der Waals surface area contributed by atoms with E-state index in [1.165, 1.54) is 6.07 Å². The lowest BCUT2D eigenvalue weighted by atomic mass is 9.80. The monoisotopic (exact) mass is 381 g/mol. The highest BCUT2D eigenvalue weighted by molar-refractivity contribution is 6.61. The van der Waals surface area contributed by atoms with Gasteiger partial charge >= 0.3 is 13.1 Å². The molecular formula is C20H20BNO6. The predicted octanol–water partition coefficient (Wildman–Crippen LogP) is 2.29. The number of nitrogens with zero attached hydrogens (tertiary/aromatic N) is 1. The van der Waals surface area contributed by atoms with Crippen LogP contribution in [-0.2, 0) is 20.8 Å². The second-order valence-corrected chi connectivity index (χ2v) is 7.27. The summed E-state index contributed by atoms with van der Waals surface area (Å²) in [7, 11) is -0.924. The lowest BCUT2D eigenvalue weighted by Gasteiger charge is -2.20. The van der Waals surface area contributed by atoms with Gasteiger partial charge in [-0.15, -0.1) is 0 Å². The van der Waals surface area contributed by atoms with Crippen molar-refractivity contribution in [3.05, 3.63) is 47.5 Å². The molecule has 2 aromatic rings. The number of nitriles is 1. The maximum absolute atomic E-state index is 11.9. The topological polar surface area (TPSA) is 98.0 Å². The van der Waals surface area contributed by atoms with E-state index in [4.69, 9.17) is 24.1 Å². The maximum atomic E-state index is 11.9. The number of carbonyl (C=O) groups excluding carboxylic acids is 1. The van der Waals surface area contributed by atoms with Crippen LogP contribution in [-0.4, -0.2) is 30.3 Å². The maximum Gasteiger partial charge on any atom is 0.491 e. The largest absolute Gasteiger partial charge is 0.491 e. The standard InChI is InChI=1S/C20H20BNO6/c1-20(2,3)28-19(23)12-25-18-8-13(10-22)4-7-17(18)27-15-5-6-16-14(9-15)11-26-21(16)24/h4-9,24H,11-12H2,1-3H3. The van der Waals surface area contributed by atoms with Gasteiger partial charge in [-0.25, -0.2) is 4.79 Å². The van der Waals surface area contributed by atoms with Crippen molar-refractivity contribution < 1.29 is 28.7 Å². The van der Waals surface area contributed by atoms with Gasteiger partial charge in [0.05, 0.1) is 18.2 Å². The second kappa shape index (κ2) is 7.93. The van der Waals surface area contributed by atoms with Crippen LogP contribution in [0.25, 0.3) is 0 Å². The highest BCUT2D eigenvalue weighted by atomic mass is 16.6. The van der Waals surface area contributed by atoms with Crippen LogP contribution in [0, 0.1) is 11.3 Å². The van der Waals surface area contributed by atoms with Crippen molar-refractivity contribution in [2.75, 3.05) is 6.61 Å². The fraction of sp³-hybridized carbons (Fsp3) is 0.300. The molecule has 0 radical (unpaired) electrons. The third-order valence-electron chi connectivity index (χ3n) is 3.84. The average molecular weight is 381 g/mol. The Bertz CT molecular complexity index is 931. The Morgan fingerprint density at radius 2 is 2.04 bits per heavy atom. The first-order valence-corrected chi connectivity index (χ1v) is 8.74. The van der Waals surface area contributed by atoms with Gasteiger partial charge < -0.3 is 23.9 Å². The Labute approximate surface area is 163 Å². The van der Waals surface area contributed by atoms with Crippen molar-refractivity contribution in [2.24, 2.45) is 0 Å².